The number of hydrogen-bond donors (Lipinski definition) is 2. The molecular weight excluding hydrogens is 440 g/mol. The third-order valence-corrected chi connectivity index (χ3v) is 6.60. The van der Waals surface area contributed by atoms with Crippen LogP contribution in [0.15, 0.2) is 48.5 Å². The van der Waals surface area contributed by atoms with E-state index in [-0.39, 0.29) is 24.6 Å². The lowest BCUT2D eigenvalue weighted by Crippen LogP contribution is -2.23. The summed E-state index contributed by atoms with van der Waals surface area (Å²) in [5.41, 5.74) is 15.4. The maximum atomic E-state index is 12.4. The Bertz CT molecular complexity index is 988. The second-order valence-corrected chi connectivity index (χ2v) is 9.64. The first-order valence-corrected chi connectivity index (χ1v) is 12.7. The summed E-state index contributed by atoms with van der Waals surface area (Å²) in [6.07, 6.45) is 10.1. The monoisotopic (exact) mass is 478 g/mol. The highest BCUT2D eigenvalue weighted by atomic mass is 16.5. The first-order valence-electron chi connectivity index (χ1n) is 12.7. The van der Waals surface area contributed by atoms with Crippen LogP contribution >= 0.6 is 0 Å². The average molecular weight is 479 g/mol. The van der Waals surface area contributed by atoms with Crippen molar-refractivity contribution in [2.45, 2.75) is 70.8 Å². The Hall–Kier alpha value is -3.28. The van der Waals surface area contributed by atoms with E-state index in [1.165, 1.54) is 6.08 Å². The van der Waals surface area contributed by atoms with Gasteiger partial charge in [-0.15, -0.1) is 0 Å². The van der Waals surface area contributed by atoms with Crippen LogP contribution < -0.4 is 11.5 Å². The summed E-state index contributed by atoms with van der Waals surface area (Å²) in [5, 5.41) is 0. The number of nitrogen functional groups attached to an aromatic ring is 2. The van der Waals surface area contributed by atoms with Crippen LogP contribution in [0.1, 0.15) is 86.2 Å². The quantitative estimate of drug-likeness (QED) is 0.242. The fraction of sp³-hybridized carbons (Fsp3) is 0.448. The maximum absolute atomic E-state index is 12.4. The molecule has 3 rings (SSSR count). The van der Waals surface area contributed by atoms with Gasteiger partial charge in [-0.05, 0) is 85.6 Å². The predicted octanol–water partition coefficient (Wildman–Crippen LogP) is 6.12. The highest BCUT2D eigenvalue weighted by Crippen LogP contribution is 2.27. The first-order chi connectivity index (χ1) is 16.8. The SMILES string of the molecule is CCCCC(COC(=O)C=Cc1ccc(C(=O)OC2CCC(C)CC2)cc1)c1cc(N)cc(N)c1. The Morgan fingerprint density at radius 3 is 2.31 bits per heavy atom. The van der Waals surface area contributed by atoms with Crippen molar-refractivity contribution in [2.24, 2.45) is 5.92 Å². The molecule has 6 heteroatoms. The molecule has 0 aromatic heterocycles. The molecule has 6 nitrogen and oxygen atoms in total. The summed E-state index contributed by atoms with van der Waals surface area (Å²) in [6.45, 7) is 4.62. The molecule has 0 aliphatic heterocycles. The Morgan fingerprint density at radius 1 is 1.03 bits per heavy atom. The van der Waals surface area contributed by atoms with E-state index in [1.807, 2.05) is 12.1 Å². The molecule has 2 aromatic carbocycles. The highest BCUT2D eigenvalue weighted by molar-refractivity contribution is 5.90. The van der Waals surface area contributed by atoms with Gasteiger partial charge >= 0.3 is 11.9 Å². The Labute approximate surface area is 208 Å². The fourth-order valence-corrected chi connectivity index (χ4v) is 4.43. The number of rotatable bonds is 10. The van der Waals surface area contributed by atoms with Gasteiger partial charge in [0.05, 0.1) is 12.2 Å². The number of nitrogens with two attached hydrogens (primary N) is 2. The molecule has 1 aliphatic carbocycles. The molecule has 0 bridgehead atoms. The summed E-state index contributed by atoms with van der Waals surface area (Å²) in [4.78, 5) is 24.8. The van der Waals surface area contributed by atoms with Gasteiger partial charge in [0.15, 0.2) is 0 Å². The molecule has 4 N–H and O–H groups in total. The van der Waals surface area contributed by atoms with E-state index >= 15 is 0 Å². The lowest BCUT2D eigenvalue weighted by molar-refractivity contribution is -0.138. The molecule has 0 saturated heterocycles. The molecule has 1 fully saturated rings. The van der Waals surface area contributed by atoms with Gasteiger partial charge in [0, 0.05) is 23.4 Å². The molecule has 1 saturated carbocycles. The number of esters is 2. The van der Waals surface area contributed by atoms with Crippen LogP contribution in [0.2, 0.25) is 0 Å². The van der Waals surface area contributed by atoms with Crippen molar-refractivity contribution in [2.75, 3.05) is 18.1 Å². The van der Waals surface area contributed by atoms with Gasteiger partial charge in [-0.25, -0.2) is 9.59 Å². The summed E-state index contributed by atoms with van der Waals surface area (Å²) >= 11 is 0. The number of anilines is 2. The van der Waals surface area contributed by atoms with Crippen LogP contribution in [0.4, 0.5) is 11.4 Å². The fourth-order valence-electron chi connectivity index (χ4n) is 4.43. The molecule has 1 aliphatic rings. The van der Waals surface area contributed by atoms with Crippen LogP contribution in [-0.4, -0.2) is 24.6 Å². The van der Waals surface area contributed by atoms with Crippen molar-refractivity contribution in [1.29, 1.82) is 0 Å². The van der Waals surface area contributed by atoms with Crippen molar-refractivity contribution in [3.05, 3.63) is 65.2 Å². The molecular formula is C29H38N2O4. The van der Waals surface area contributed by atoms with Gasteiger partial charge in [-0.2, -0.15) is 0 Å². The number of hydrogen-bond acceptors (Lipinski definition) is 6. The molecule has 0 spiro atoms. The minimum absolute atomic E-state index is 0.0120. The van der Waals surface area contributed by atoms with Crippen molar-refractivity contribution >= 4 is 29.4 Å². The normalized spacial score (nSPS) is 18.8. The van der Waals surface area contributed by atoms with Gasteiger partial charge in [-0.1, -0.05) is 38.8 Å². The lowest BCUT2D eigenvalue weighted by Gasteiger charge is -2.25. The van der Waals surface area contributed by atoms with Crippen molar-refractivity contribution in [3.63, 3.8) is 0 Å². The van der Waals surface area contributed by atoms with Crippen LogP contribution in [0.25, 0.3) is 6.08 Å². The van der Waals surface area contributed by atoms with Crippen molar-refractivity contribution < 1.29 is 19.1 Å². The highest BCUT2D eigenvalue weighted by Gasteiger charge is 2.22. The van der Waals surface area contributed by atoms with Gasteiger partial charge < -0.3 is 20.9 Å². The van der Waals surface area contributed by atoms with Crippen molar-refractivity contribution in [1.82, 2.24) is 0 Å². The van der Waals surface area contributed by atoms with Crippen molar-refractivity contribution in [3.8, 4) is 0 Å². The zero-order chi connectivity index (χ0) is 25.2. The van der Waals surface area contributed by atoms with Crippen LogP contribution in [-0.2, 0) is 14.3 Å². The molecule has 1 unspecified atom stereocenters. The predicted molar refractivity (Wildman–Crippen MR) is 141 cm³/mol. The standard InChI is InChI=1S/C29H38N2O4/c1-3-4-5-23(24-16-25(30)18-26(31)17-24)19-34-28(32)15-10-21-8-11-22(12-9-21)29(33)35-27-13-6-20(2)7-14-27/h8-12,15-18,20,23,27H,3-7,13-14,19,30-31H2,1-2H3. The third-order valence-electron chi connectivity index (χ3n) is 6.60. The van der Waals surface area contributed by atoms with E-state index in [2.05, 4.69) is 13.8 Å². The van der Waals surface area contributed by atoms with Crippen LogP contribution in [0.3, 0.4) is 0 Å². The van der Waals surface area contributed by atoms with Gasteiger partial charge in [-0.3, -0.25) is 0 Å². The second kappa shape index (κ2) is 13.0. The van der Waals surface area contributed by atoms with E-state index in [0.29, 0.717) is 22.9 Å². The van der Waals surface area contributed by atoms with E-state index in [4.69, 9.17) is 20.9 Å². The summed E-state index contributed by atoms with van der Waals surface area (Å²) in [7, 11) is 0. The van der Waals surface area contributed by atoms with Crippen LogP contribution in [0.5, 0.6) is 0 Å². The molecule has 0 amide bonds. The smallest absolute Gasteiger partial charge is 0.338 e. The third kappa shape index (κ3) is 8.46. The Kier molecular flexibility index (Phi) is 9.76. The average Bonchev–Trinajstić information content (AvgIpc) is 2.84. The number of benzene rings is 2. The number of carbonyl (C=O) groups is 2. The minimum Gasteiger partial charge on any atom is -0.462 e. The molecule has 35 heavy (non-hydrogen) atoms. The Morgan fingerprint density at radius 2 is 1.69 bits per heavy atom. The maximum Gasteiger partial charge on any atom is 0.338 e. The molecule has 1 atom stereocenters. The largest absolute Gasteiger partial charge is 0.462 e. The number of carbonyl (C=O) groups excluding carboxylic acids is 2. The van der Waals surface area contributed by atoms with E-state index in [1.54, 1.807) is 36.4 Å². The first kappa shape index (κ1) is 26.3. The molecule has 188 valence electrons. The Balaban J connectivity index is 1.52. The number of ether oxygens (including phenoxy) is 2. The van der Waals surface area contributed by atoms with Gasteiger partial charge in [0.2, 0.25) is 0 Å². The van der Waals surface area contributed by atoms with Gasteiger partial charge in [0.1, 0.15) is 6.10 Å². The van der Waals surface area contributed by atoms with Crippen LogP contribution in [0, 0.1) is 5.92 Å². The van der Waals surface area contributed by atoms with E-state index < -0.39 is 5.97 Å². The summed E-state index contributed by atoms with van der Waals surface area (Å²) in [6, 6.07) is 12.5. The number of unbranched alkanes of at least 4 members (excludes halogenated alkanes) is 1. The summed E-state index contributed by atoms with van der Waals surface area (Å²) < 4.78 is 11.2. The minimum atomic E-state index is -0.418. The lowest BCUT2D eigenvalue weighted by atomic mass is 9.89. The zero-order valence-corrected chi connectivity index (χ0v) is 20.9. The van der Waals surface area contributed by atoms with E-state index in [0.717, 1.165) is 56.1 Å². The summed E-state index contributed by atoms with van der Waals surface area (Å²) in [5.74, 6) is 0.0369. The zero-order valence-electron chi connectivity index (χ0n) is 20.9. The second-order valence-electron chi connectivity index (χ2n) is 9.64. The van der Waals surface area contributed by atoms with E-state index in [9.17, 15) is 9.59 Å². The molecule has 2 aromatic rings. The molecule has 0 heterocycles. The topological polar surface area (TPSA) is 105 Å². The van der Waals surface area contributed by atoms with Gasteiger partial charge in [0.25, 0.3) is 0 Å². The molecule has 0 radical (unpaired) electrons.